The molecule has 4 heteroatoms. The van der Waals surface area contributed by atoms with E-state index in [1.807, 2.05) is 24.3 Å². The molecule has 20 heavy (non-hydrogen) atoms. The molecule has 0 radical (unpaired) electrons. The normalized spacial score (nSPS) is 26.1. The summed E-state index contributed by atoms with van der Waals surface area (Å²) in [6, 6.07) is 7.48. The van der Waals surface area contributed by atoms with Crippen LogP contribution in [0.25, 0.3) is 0 Å². The Labute approximate surface area is 120 Å². The molecule has 110 valence electrons. The Morgan fingerprint density at radius 1 is 1.30 bits per heavy atom. The minimum Gasteiger partial charge on any atom is -0.497 e. The molecule has 1 fully saturated rings. The molecule has 0 heterocycles. The number of rotatable bonds is 4. The van der Waals surface area contributed by atoms with Gasteiger partial charge in [0.25, 0.3) is 0 Å². The maximum Gasteiger partial charge on any atom is 0.326 e. The van der Waals surface area contributed by atoms with Gasteiger partial charge in [0.1, 0.15) is 17.9 Å². The van der Waals surface area contributed by atoms with Gasteiger partial charge in [-0.3, -0.25) is 4.79 Å². The van der Waals surface area contributed by atoms with Crippen LogP contribution in [0.4, 0.5) is 0 Å². The first kappa shape index (κ1) is 14.9. The maximum absolute atomic E-state index is 12.2. The van der Waals surface area contributed by atoms with Crippen LogP contribution >= 0.6 is 0 Å². The van der Waals surface area contributed by atoms with E-state index in [4.69, 9.17) is 15.2 Å². The number of methoxy groups -OCH3 is 1. The molecule has 1 aromatic carbocycles. The van der Waals surface area contributed by atoms with Crippen LogP contribution in [0.3, 0.4) is 0 Å². The van der Waals surface area contributed by atoms with Gasteiger partial charge in [-0.15, -0.1) is 0 Å². The lowest BCUT2D eigenvalue weighted by Gasteiger charge is -2.33. The SMILES string of the molecule is COc1ccc(COC(=O)C2(N)CCC(C)CC2)cc1. The molecular formula is C16H23NO3. The van der Waals surface area contributed by atoms with Crippen LogP contribution in [0.15, 0.2) is 24.3 Å². The van der Waals surface area contributed by atoms with E-state index in [-0.39, 0.29) is 12.6 Å². The Bertz CT molecular complexity index is 447. The summed E-state index contributed by atoms with van der Waals surface area (Å²) in [5, 5.41) is 0. The Balaban J connectivity index is 1.88. The monoisotopic (exact) mass is 277 g/mol. The molecule has 0 aliphatic heterocycles. The zero-order chi connectivity index (χ0) is 14.6. The first-order valence-electron chi connectivity index (χ1n) is 7.12. The second kappa shape index (κ2) is 6.27. The number of benzene rings is 1. The molecule has 1 aliphatic carbocycles. The highest BCUT2D eigenvalue weighted by atomic mass is 16.5. The van der Waals surface area contributed by atoms with E-state index >= 15 is 0 Å². The molecule has 0 atom stereocenters. The van der Waals surface area contributed by atoms with Gasteiger partial charge < -0.3 is 15.2 Å². The van der Waals surface area contributed by atoms with Gasteiger partial charge in [0.05, 0.1) is 7.11 Å². The van der Waals surface area contributed by atoms with Crippen molar-refractivity contribution in [2.45, 2.75) is 44.8 Å². The summed E-state index contributed by atoms with van der Waals surface area (Å²) in [4.78, 5) is 12.2. The van der Waals surface area contributed by atoms with Gasteiger partial charge in [0.2, 0.25) is 0 Å². The van der Waals surface area contributed by atoms with Crippen molar-refractivity contribution < 1.29 is 14.3 Å². The van der Waals surface area contributed by atoms with Crippen LogP contribution in [-0.4, -0.2) is 18.6 Å². The standard InChI is InChI=1S/C16H23NO3/c1-12-7-9-16(17,10-8-12)15(18)20-11-13-3-5-14(19-2)6-4-13/h3-6,12H,7-11,17H2,1-2H3. The molecule has 0 bridgehead atoms. The first-order chi connectivity index (χ1) is 9.53. The summed E-state index contributed by atoms with van der Waals surface area (Å²) in [6.07, 6.45) is 3.42. The summed E-state index contributed by atoms with van der Waals surface area (Å²) in [6.45, 7) is 2.46. The Kier molecular flexibility index (Phi) is 4.65. The van der Waals surface area contributed by atoms with E-state index in [0.29, 0.717) is 5.92 Å². The fraction of sp³-hybridized carbons (Fsp3) is 0.562. The zero-order valence-electron chi connectivity index (χ0n) is 12.2. The minimum atomic E-state index is -0.793. The minimum absolute atomic E-state index is 0.261. The molecular weight excluding hydrogens is 254 g/mol. The third-order valence-electron chi connectivity index (χ3n) is 4.10. The van der Waals surface area contributed by atoms with Gasteiger partial charge in [-0.05, 0) is 49.3 Å². The number of carbonyl (C=O) groups is 1. The summed E-state index contributed by atoms with van der Waals surface area (Å²) < 4.78 is 10.5. The van der Waals surface area contributed by atoms with Crippen LogP contribution in [0.1, 0.15) is 38.2 Å². The molecule has 1 saturated carbocycles. The quantitative estimate of drug-likeness (QED) is 0.859. The zero-order valence-corrected chi connectivity index (χ0v) is 12.2. The predicted molar refractivity (Wildman–Crippen MR) is 77.3 cm³/mol. The molecule has 1 aliphatic rings. The summed E-state index contributed by atoms with van der Waals surface area (Å²) in [7, 11) is 1.62. The topological polar surface area (TPSA) is 61.5 Å². The second-order valence-corrected chi connectivity index (χ2v) is 5.76. The van der Waals surface area contributed by atoms with Crippen molar-refractivity contribution in [2.75, 3.05) is 7.11 Å². The van der Waals surface area contributed by atoms with Crippen molar-refractivity contribution in [1.29, 1.82) is 0 Å². The van der Waals surface area contributed by atoms with Gasteiger partial charge in [0, 0.05) is 0 Å². The third-order valence-corrected chi connectivity index (χ3v) is 4.10. The van der Waals surface area contributed by atoms with Crippen LogP contribution in [-0.2, 0) is 16.1 Å². The van der Waals surface area contributed by atoms with E-state index < -0.39 is 5.54 Å². The predicted octanol–water partition coefficient (Wildman–Crippen LogP) is 2.65. The first-order valence-corrected chi connectivity index (χ1v) is 7.12. The fourth-order valence-corrected chi connectivity index (χ4v) is 2.50. The van der Waals surface area contributed by atoms with Gasteiger partial charge in [-0.25, -0.2) is 0 Å². The van der Waals surface area contributed by atoms with Gasteiger partial charge >= 0.3 is 5.97 Å². The number of esters is 1. The number of ether oxygens (including phenoxy) is 2. The van der Waals surface area contributed by atoms with Gasteiger partial charge in [-0.1, -0.05) is 19.1 Å². The molecule has 0 spiro atoms. The number of nitrogens with two attached hydrogens (primary N) is 1. The van der Waals surface area contributed by atoms with E-state index in [9.17, 15) is 4.79 Å². The van der Waals surface area contributed by atoms with Crippen LogP contribution in [0, 0.1) is 5.92 Å². The summed E-state index contributed by atoms with van der Waals surface area (Å²) >= 11 is 0. The Hall–Kier alpha value is -1.55. The van der Waals surface area contributed by atoms with Crippen molar-refractivity contribution in [3.8, 4) is 5.75 Å². The van der Waals surface area contributed by atoms with E-state index in [1.165, 1.54) is 0 Å². The van der Waals surface area contributed by atoms with E-state index in [1.54, 1.807) is 7.11 Å². The maximum atomic E-state index is 12.2. The second-order valence-electron chi connectivity index (χ2n) is 5.76. The molecule has 0 saturated heterocycles. The molecule has 2 rings (SSSR count). The molecule has 2 N–H and O–H groups in total. The van der Waals surface area contributed by atoms with E-state index in [2.05, 4.69) is 6.92 Å². The average Bonchev–Trinajstić information content (AvgIpc) is 2.48. The Morgan fingerprint density at radius 2 is 1.90 bits per heavy atom. The van der Waals surface area contributed by atoms with E-state index in [0.717, 1.165) is 37.0 Å². The highest BCUT2D eigenvalue weighted by Gasteiger charge is 2.38. The number of hydrogen-bond acceptors (Lipinski definition) is 4. The van der Waals surface area contributed by atoms with Crippen molar-refractivity contribution in [3.05, 3.63) is 29.8 Å². The smallest absolute Gasteiger partial charge is 0.326 e. The average molecular weight is 277 g/mol. The number of carbonyl (C=O) groups excluding carboxylic acids is 1. The van der Waals surface area contributed by atoms with Crippen LogP contribution in [0.5, 0.6) is 5.75 Å². The number of hydrogen-bond donors (Lipinski definition) is 1. The van der Waals surface area contributed by atoms with Crippen LogP contribution < -0.4 is 10.5 Å². The fourth-order valence-electron chi connectivity index (χ4n) is 2.50. The molecule has 0 amide bonds. The lowest BCUT2D eigenvalue weighted by molar-refractivity contribution is -0.153. The summed E-state index contributed by atoms with van der Waals surface area (Å²) in [5.41, 5.74) is 6.32. The molecule has 4 nitrogen and oxygen atoms in total. The van der Waals surface area contributed by atoms with Gasteiger partial charge in [0.15, 0.2) is 0 Å². The van der Waals surface area contributed by atoms with Crippen molar-refractivity contribution >= 4 is 5.97 Å². The molecule has 0 aromatic heterocycles. The lowest BCUT2D eigenvalue weighted by atomic mass is 9.78. The van der Waals surface area contributed by atoms with Crippen molar-refractivity contribution in [3.63, 3.8) is 0 Å². The van der Waals surface area contributed by atoms with Crippen molar-refractivity contribution in [2.24, 2.45) is 11.7 Å². The largest absolute Gasteiger partial charge is 0.497 e. The highest BCUT2D eigenvalue weighted by molar-refractivity contribution is 5.80. The third kappa shape index (κ3) is 3.51. The molecule has 1 aromatic rings. The van der Waals surface area contributed by atoms with Crippen molar-refractivity contribution in [1.82, 2.24) is 0 Å². The highest BCUT2D eigenvalue weighted by Crippen LogP contribution is 2.31. The Morgan fingerprint density at radius 3 is 2.45 bits per heavy atom. The van der Waals surface area contributed by atoms with Crippen LogP contribution in [0.2, 0.25) is 0 Å². The van der Waals surface area contributed by atoms with Gasteiger partial charge in [-0.2, -0.15) is 0 Å². The lowest BCUT2D eigenvalue weighted by Crippen LogP contribution is -2.51. The molecule has 0 unspecified atom stereocenters. The summed E-state index contributed by atoms with van der Waals surface area (Å²) in [5.74, 6) is 1.16.